The van der Waals surface area contributed by atoms with Crippen molar-refractivity contribution in [2.24, 2.45) is 0 Å². The Bertz CT molecular complexity index is 983. The van der Waals surface area contributed by atoms with Gasteiger partial charge in [-0.1, -0.05) is 30.3 Å². The summed E-state index contributed by atoms with van der Waals surface area (Å²) in [5.74, 6) is -0.268. The summed E-state index contributed by atoms with van der Waals surface area (Å²) in [6.45, 7) is 0.914. The monoisotopic (exact) mass is 366 g/mol. The molecule has 2 atom stereocenters. The lowest BCUT2D eigenvalue weighted by molar-refractivity contribution is 0.103. The molecule has 2 unspecified atom stereocenters. The standard InChI is InChI=1S/C22H20F2N2O/c23-17-8-9-20(18(24)11-17)26-22-16-7-6-15(10-16)21(22)19(25-26)13-27-12-14-4-2-1-3-5-14/h1-5,8-9,11,15-16H,6-7,10,12-13H2. The number of halogens is 2. The van der Waals surface area contributed by atoms with Crippen molar-refractivity contribution in [3.8, 4) is 5.69 Å². The SMILES string of the molecule is Fc1ccc(-n2nc(COCc3ccccc3)c3c2C2CCC3C2)c(F)c1. The average Bonchev–Trinajstić information content (AvgIpc) is 3.36. The summed E-state index contributed by atoms with van der Waals surface area (Å²) in [7, 11) is 0. The minimum Gasteiger partial charge on any atom is -0.370 e. The van der Waals surface area contributed by atoms with Crippen molar-refractivity contribution in [3.63, 3.8) is 0 Å². The molecule has 0 N–H and O–H groups in total. The molecule has 0 saturated heterocycles. The summed E-state index contributed by atoms with van der Waals surface area (Å²) in [5.41, 5.74) is 4.63. The van der Waals surface area contributed by atoms with Gasteiger partial charge in [-0.3, -0.25) is 0 Å². The lowest BCUT2D eigenvalue weighted by Crippen LogP contribution is -2.08. The molecule has 0 aliphatic heterocycles. The third-order valence-corrected chi connectivity index (χ3v) is 5.75. The van der Waals surface area contributed by atoms with Crippen LogP contribution < -0.4 is 0 Å². The van der Waals surface area contributed by atoms with Crippen LogP contribution in [-0.2, 0) is 18.0 Å². The van der Waals surface area contributed by atoms with E-state index in [0.717, 1.165) is 42.3 Å². The fourth-order valence-electron chi connectivity index (χ4n) is 4.60. The van der Waals surface area contributed by atoms with E-state index in [1.54, 1.807) is 4.68 Å². The predicted octanol–water partition coefficient (Wildman–Crippen LogP) is 5.23. The van der Waals surface area contributed by atoms with Crippen LogP contribution in [0, 0.1) is 11.6 Å². The Morgan fingerprint density at radius 1 is 1.00 bits per heavy atom. The first-order chi connectivity index (χ1) is 13.2. The van der Waals surface area contributed by atoms with Gasteiger partial charge in [0.1, 0.15) is 11.5 Å². The number of benzene rings is 2. The van der Waals surface area contributed by atoms with Crippen molar-refractivity contribution in [2.75, 3.05) is 0 Å². The molecule has 1 fully saturated rings. The molecule has 1 saturated carbocycles. The fourth-order valence-corrected chi connectivity index (χ4v) is 4.60. The van der Waals surface area contributed by atoms with Gasteiger partial charge in [-0.25, -0.2) is 13.5 Å². The molecule has 2 aromatic carbocycles. The van der Waals surface area contributed by atoms with E-state index in [-0.39, 0.29) is 0 Å². The maximum atomic E-state index is 14.4. The van der Waals surface area contributed by atoms with Gasteiger partial charge < -0.3 is 4.74 Å². The first kappa shape index (κ1) is 16.6. The van der Waals surface area contributed by atoms with Crippen LogP contribution in [0.25, 0.3) is 5.69 Å². The van der Waals surface area contributed by atoms with Gasteiger partial charge >= 0.3 is 0 Å². The molecular formula is C22H20F2N2O. The Hall–Kier alpha value is -2.53. The van der Waals surface area contributed by atoms with Gasteiger partial charge in [0.25, 0.3) is 0 Å². The molecule has 138 valence electrons. The summed E-state index contributed by atoms with van der Waals surface area (Å²) < 4.78 is 35.3. The maximum Gasteiger partial charge on any atom is 0.151 e. The van der Waals surface area contributed by atoms with Crippen LogP contribution in [0.4, 0.5) is 8.78 Å². The molecule has 1 aromatic heterocycles. The van der Waals surface area contributed by atoms with Crippen molar-refractivity contribution >= 4 is 0 Å². The van der Waals surface area contributed by atoms with Gasteiger partial charge in [0.15, 0.2) is 5.82 Å². The highest BCUT2D eigenvalue weighted by Gasteiger charge is 2.43. The largest absolute Gasteiger partial charge is 0.370 e. The minimum atomic E-state index is -0.583. The van der Waals surface area contributed by atoms with Crippen molar-refractivity contribution in [1.29, 1.82) is 0 Å². The second kappa shape index (κ2) is 6.57. The van der Waals surface area contributed by atoms with Gasteiger partial charge in [0.2, 0.25) is 0 Å². The Morgan fingerprint density at radius 2 is 1.81 bits per heavy atom. The summed E-state index contributed by atoms with van der Waals surface area (Å²) in [6, 6.07) is 13.7. The number of hydrogen-bond donors (Lipinski definition) is 0. The molecule has 5 heteroatoms. The van der Waals surface area contributed by atoms with E-state index in [1.165, 1.54) is 17.7 Å². The number of rotatable bonds is 5. The number of aromatic nitrogens is 2. The van der Waals surface area contributed by atoms with Crippen molar-refractivity contribution in [2.45, 2.75) is 44.3 Å². The Morgan fingerprint density at radius 3 is 2.63 bits per heavy atom. The highest BCUT2D eigenvalue weighted by atomic mass is 19.1. The van der Waals surface area contributed by atoms with E-state index in [1.807, 2.05) is 30.3 Å². The van der Waals surface area contributed by atoms with E-state index in [0.29, 0.717) is 30.7 Å². The van der Waals surface area contributed by atoms with Crippen LogP contribution in [0.15, 0.2) is 48.5 Å². The highest BCUT2D eigenvalue weighted by Crippen LogP contribution is 2.54. The number of hydrogen-bond acceptors (Lipinski definition) is 2. The summed E-state index contributed by atoms with van der Waals surface area (Å²) in [5, 5.41) is 4.69. The van der Waals surface area contributed by atoms with Crippen LogP contribution >= 0.6 is 0 Å². The second-order valence-corrected chi connectivity index (χ2v) is 7.44. The van der Waals surface area contributed by atoms with Crippen molar-refractivity contribution in [1.82, 2.24) is 9.78 Å². The van der Waals surface area contributed by atoms with Gasteiger partial charge in [-0.15, -0.1) is 0 Å². The van der Waals surface area contributed by atoms with E-state index >= 15 is 0 Å². The molecule has 0 spiro atoms. The zero-order chi connectivity index (χ0) is 18.4. The third kappa shape index (κ3) is 2.86. The van der Waals surface area contributed by atoms with Crippen molar-refractivity contribution in [3.05, 3.63) is 82.7 Å². The zero-order valence-electron chi connectivity index (χ0n) is 14.9. The quantitative estimate of drug-likeness (QED) is 0.618. The Balaban J connectivity index is 1.47. The molecule has 2 bridgehead atoms. The van der Waals surface area contributed by atoms with Crippen molar-refractivity contribution < 1.29 is 13.5 Å². The average molecular weight is 366 g/mol. The highest BCUT2D eigenvalue weighted by molar-refractivity contribution is 5.46. The normalized spacial score (nSPS) is 20.2. The van der Waals surface area contributed by atoms with E-state index in [4.69, 9.17) is 9.84 Å². The smallest absolute Gasteiger partial charge is 0.151 e. The number of fused-ring (bicyclic) bond motifs is 5. The number of ether oxygens (including phenoxy) is 1. The van der Waals surface area contributed by atoms with E-state index < -0.39 is 11.6 Å². The molecule has 2 aliphatic carbocycles. The zero-order valence-corrected chi connectivity index (χ0v) is 14.9. The maximum absolute atomic E-state index is 14.4. The van der Waals surface area contributed by atoms with Gasteiger partial charge in [-0.2, -0.15) is 5.10 Å². The minimum absolute atomic E-state index is 0.314. The lowest BCUT2D eigenvalue weighted by Gasteiger charge is -2.14. The van der Waals surface area contributed by atoms with E-state index in [2.05, 4.69) is 0 Å². The Kier molecular flexibility index (Phi) is 4.05. The molecule has 2 aliphatic rings. The first-order valence-corrected chi connectivity index (χ1v) is 9.39. The van der Waals surface area contributed by atoms with Crippen LogP contribution in [0.5, 0.6) is 0 Å². The van der Waals surface area contributed by atoms with Crippen LogP contribution in [-0.4, -0.2) is 9.78 Å². The molecular weight excluding hydrogens is 346 g/mol. The van der Waals surface area contributed by atoms with Crippen LogP contribution in [0.2, 0.25) is 0 Å². The van der Waals surface area contributed by atoms with E-state index in [9.17, 15) is 8.78 Å². The number of nitrogens with zero attached hydrogens (tertiary/aromatic N) is 2. The van der Waals surface area contributed by atoms with Crippen LogP contribution in [0.3, 0.4) is 0 Å². The lowest BCUT2D eigenvalue weighted by atomic mass is 9.95. The molecule has 27 heavy (non-hydrogen) atoms. The molecule has 3 nitrogen and oxygen atoms in total. The molecule has 5 rings (SSSR count). The summed E-state index contributed by atoms with van der Waals surface area (Å²) in [6.07, 6.45) is 3.36. The van der Waals surface area contributed by atoms with Gasteiger partial charge in [0.05, 0.1) is 24.6 Å². The molecule has 1 heterocycles. The Labute approximate surface area is 156 Å². The predicted molar refractivity (Wildman–Crippen MR) is 97.7 cm³/mol. The fraction of sp³-hybridized carbons (Fsp3) is 0.318. The summed E-state index contributed by atoms with van der Waals surface area (Å²) >= 11 is 0. The van der Waals surface area contributed by atoms with Gasteiger partial charge in [0, 0.05) is 17.5 Å². The third-order valence-electron chi connectivity index (χ3n) is 5.75. The molecule has 0 radical (unpaired) electrons. The second-order valence-electron chi connectivity index (χ2n) is 7.44. The topological polar surface area (TPSA) is 27.1 Å². The van der Waals surface area contributed by atoms with Gasteiger partial charge in [-0.05, 0) is 42.9 Å². The summed E-state index contributed by atoms with van der Waals surface area (Å²) in [4.78, 5) is 0. The molecule has 0 amide bonds. The van der Waals surface area contributed by atoms with Crippen LogP contribution in [0.1, 0.15) is 53.6 Å². The molecule has 3 aromatic rings. The first-order valence-electron chi connectivity index (χ1n) is 9.39.